The van der Waals surface area contributed by atoms with E-state index in [4.69, 9.17) is 4.18 Å². The predicted octanol–water partition coefficient (Wildman–Crippen LogP) is 2.32. The predicted molar refractivity (Wildman–Crippen MR) is 54.1 cm³/mol. The van der Waals surface area contributed by atoms with Crippen LogP contribution in [-0.4, -0.2) is 20.8 Å². The van der Waals surface area contributed by atoms with Gasteiger partial charge < -0.3 is 0 Å². The molecule has 80 valence electrons. The van der Waals surface area contributed by atoms with E-state index in [2.05, 4.69) is 6.92 Å². The van der Waals surface area contributed by atoms with Gasteiger partial charge in [0, 0.05) is 0 Å². The molecule has 0 aromatic carbocycles. The van der Waals surface area contributed by atoms with E-state index in [-0.39, 0.29) is 6.10 Å². The lowest BCUT2D eigenvalue weighted by Crippen LogP contribution is -2.13. The van der Waals surface area contributed by atoms with Crippen LogP contribution >= 0.6 is 0 Å². The van der Waals surface area contributed by atoms with Crippen LogP contribution in [0.15, 0.2) is 0 Å². The molecule has 0 spiro atoms. The summed E-state index contributed by atoms with van der Waals surface area (Å²) < 4.78 is 26.2. The molecule has 4 heteroatoms. The molecular weight excluding hydrogens is 188 g/mol. The summed E-state index contributed by atoms with van der Waals surface area (Å²) in [4.78, 5) is 0. The maximum Gasteiger partial charge on any atom is 0.264 e. The molecule has 0 aliphatic heterocycles. The average molecular weight is 208 g/mol. The molecule has 0 N–H and O–H groups in total. The third kappa shape index (κ3) is 9.83. The fourth-order valence-electron chi connectivity index (χ4n) is 1.21. The monoisotopic (exact) mass is 208 g/mol. The van der Waals surface area contributed by atoms with Gasteiger partial charge in [-0.05, 0) is 13.3 Å². The molecule has 0 saturated carbocycles. The van der Waals surface area contributed by atoms with Crippen LogP contribution in [0.2, 0.25) is 0 Å². The van der Waals surface area contributed by atoms with Gasteiger partial charge in [-0.3, -0.25) is 4.18 Å². The van der Waals surface area contributed by atoms with Crippen molar-refractivity contribution in [2.24, 2.45) is 0 Å². The minimum absolute atomic E-state index is 0.174. The molecule has 0 aromatic heterocycles. The third-order valence-electron chi connectivity index (χ3n) is 1.80. The van der Waals surface area contributed by atoms with Crippen LogP contribution in [0, 0.1) is 0 Å². The molecule has 13 heavy (non-hydrogen) atoms. The summed E-state index contributed by atoms with van der Waals surface area (Å²) in [6.45, 7) is 3.95. The maximum absolute atomic E-state index is 10.7. The minimum Gasteiger partial charge on any atom is -0.267 e. The van der Waals surface area contributed by atoms with Crippen molar-refractivity contribution in [3.8, 4) is 0 Å². The molecule has 0 aromatic rings. The van der Waals surface area contributed by atoms with Crippen molar-refractivity contribution in [3.63, 3.8) is 0 Å². The van der Waals surface area contributed by atoms with Crippen molar-refractivity contribution in [1.29, 1.82) is 0 Å². The fourth-order valence-corrected chi connectivity index (χ4v) is 1.90. The van der Waals surface area contributed by atoms with Crippen molar-refractivity contribution >= 4 is 10.1 Å². The zero-order chi connectivity index (χ0) is 10.3. The second kappa shape index (κ2) is 6.38. The van der Waals surface area contributed by atoms with E-state index in [1.165, 1.54) is 12.8 Å². The minimum atomic E-state index is -3.27. The highest BCUT2D eigenvalue weighted by Gasteiger charge is 2.09. The molecular formula is C9H20O3S. The quantitative estimate of drug-likeness (QED) is 0.476. The van der Waals surface area contributed by atoms with Crippen molar-refractivity contribution in [2.45, 2.75) is 52.1 Å². The summed E-state index contributed by atoms with van der Waals surface area (Å²) in [7, 11) is -3.27. The van der Waals surface area contributed by atoms with E-state index in [9.17, 15) is 8.42 Å². The topological polar surface area (TPSA) is 43.4 Å². The number of rotatable bonds is 7. The summed E-state index contributed by atoms with van der Waals surface area (Å²) in [6.07, 6.45) is 6.36. The van der Waals surface area contributed by atoms with Gasteiger partial charge in [-0.15, -0.1) is 0 Å². The van der Waals surface area contributed by atoms with Crippen molar-refractivity contribution in [3.05, 3.63) is 0 Å². The van der Waals surface area contributed by atoms with Crippen LogP contribution in [0.1, 0.15) is 46.0 Å². The Hall–Kier alpha value is -0.0900. The first-order valence-corrected chi connectivity index (χ1v) is 6.65. The molecule has 3 nitrogen and oxygen atoms in total. The van der Waals surface area contributed by atoms with E-state index in [1.54, 1.807) is 6.92 Å². The van der Waals surface area contributed by atoms with Gasteiger partial charge in [0.25, 0.3) is 10.1 Å². The second-order valence-electron chi connectivity index (χ2n) is 3.46. The first kappa shape index (κ1) is 12.9. The molecule has 0 saturated heterocycles. The Balaban J connectivity index is 3.47. The van der Waals surface area contributed by atoms with Gasteiger partial charge >= 0.3 is 0 Å². The van der Waals surface area contributed by atoms with E-state index < -0.39 is 10.1 Å². The summed E-state index contributed by atoms with van der Waals surface area (Å²) in [5.74, 6) is 0. The lowest BCUT2D eigenvalue weighted by Gasteiger charge is -2.09. The smallest absolute Gasteiger partial charge is 0.264 e. The zero-order valence-electron chi connectivity index (χ0n) is 8.75. The highest BCUT2D eigenvalue weighted by molar-refractivity contribution is 7.86. The third-order valence-corrected chi connectivity index (χ3v) is 2.48. The van der Waals surface area contributed by atoms with Gasteiger partial charge in [-0.1, -0.05) is 32.6 Å². The van der Waals surface area contributed by atoms with Crippen LogP contribution in [0.4, 0.5) is 0 Å². The Bertz CT molecular complexity index is 209. The first-order valence-electron chi connectivity index (χ1n) is 4.84. The van der Waals surface area contributed by atoms with Gasteiger partial charge in [0.15, 0.2) is 0 Å². The van der Waals surface area contributed by atoms with Crippen molar-refractivity contribution < 1.29 is 12.6 Å². The lowest BCUT2D eigenvalue weighted by atomic mass is 10.1. The maximum atomic E-state index is 10.7. The second-order valence-corrected chi connectivity index (χ2v) is 5.06. The summed E-state index contributed by atoms with van der Waals surface area (Å²) in [5, 5.41) is 0. The highest BCUT2D eigenvalue weighted by Crippen LogP contribution is 2.09. The molecule has 0 amide bonds. The molecule has 0 aliphatic rings. The van der Waals surface area contributed by atoms with Gasteiger partial charge in [-0.25, -0.2) is 0 Å². The Morgan fingerprint density at radius 1 is 1.23 bits per heavy atom. The van der Waals surface area contributed by atoms with Crippen LogP contribution in [0.25, 0.3) is 0 Å². The first-order chi connectivity index (χ1) is 5.95. The number of unbranched alkanes of at least 4 members (excludes halogenated alkanes) is 3. The largest absolute Gasteiger partial charge is 0.267 e. The van der Waals surface area contributed by atoms with E-state index in [0.717, 1.165) is 25.5 Å². The van der Waals surface area contributed by atoms with Crippen molar-refractivity contribution in [2.75, 3.05) is 6.26 Å². The molecule has 1 atom stereocenters. The van der Waals surface area contributed by atoms with Gasteiger partial charge in [0.1, 0.15) is 0 Å². The number of hydrogen-bond acceptors (Lipinski definition) is 3. The van der Waals surface area contributed by atoms with Crippen LogP contribution in [-0.2, 0) is 14.3 Å². The Morgan fingerprint density at radius 3 is 2.31 bits per heavy atom. The van der Waals surface area contributed by atoms with Gasteiger partial charge in [0.2, 0.25) is 0 Å². The standard InChI is InChI=1S/C9H20O3S/c1-4-5-6-7-8-9(2)12-13(3,10)11/h9H,4-8H2,1-3H3. The van der Waals surface area contributed by atoms with E-state index in [1.807, 2.05) is 0 Å². The molecule has 0 bridgehead atoms. The Kier molecular flexibility index (Phi) is 6.33. The Morgan fingerprint density at radius 2 is 1.85 bits per heavy atom. The number of hydrogen-bond donors (Lipinski definition) is 0. The molecule has 1 unspecified atom stereocenters. The lowest BCUT2D eigenvalue weighted by molar-refractivity contribution is 0.216. The zero-order valence-corrected chi connectivity index (χ0v) is 9.56. The summed E-state index contributed by atoms with van der Waals surface area (Å²) in [6, 6.07) is 0. The molecule has 0 rings (SSSR count). The van der Waals surface area contributed by atoms with Crippen LogP contribution in [0.3, 0.4) is 0 Å². The fraction of sp³-hybridized carbons (Fsp3) is 1.00. The van der Waals surface area contributed by atoms with Gasteiger partial charge in [-0.2, -0.15) is 8.42 Å². The van der Waals surface area contributed by atoms with Crippen LogP contribution < -0.4 is 0 Å². The molecule has 0 heterocycles. The van der Waals surface area contributed by atoms with E-state index >= 15 is 0 Å². The molecule has 0 aliphatic carbocycles. The summed E-state index contributed by atoms with van der Waals surface area (Å²) >= 11 is 0. The van der Waals surface area contributed by atoms with Gasteiger partial charge in [0.05, 0.1) is 12.4 Å². The molecule has 0 fully saturated rings. The summed E-state index contributed by atoms with van der Waals surface area (Å²) in [5.41, 5.74) is 0. The van der Waals surface area contributed by atoms with E-state index in [0.29, 0.717) is 0 Å². The van der Waals surface area contributed by atoms with Crippen molar-refractivity contribution in [1.82, 2.24) is 0 Å². The SMILES string of the molecule is CCCCCCC(C)OS(C)(=O)=O. The highest BCUT2D eigenvalue weighted by atomic mass is 32.2. The Labute approximate surface area is 81.6 Å². The average Bonchev–Trinajstić information content (AvgIpc) is 1.94. The molecule has 0 radical (unpaired) electrons. The normalized spacial score (nSPS) is 14.4. The van der Waals surface area contributed by atoms with Crippen LogP contribution in [0.5, 0.6) is 0 Å².